The Labute approximate surface area is 117 Å². The van der Waals surface area contributed by atoms with Gasteiger partial charge >= 0.3 is 0 Å². The predicted molar refractivity (Wildman–Crippen MR) is 75.7 cm³/mol. The minimum absolute atomic E-state index is 0.0179. The molecule has 0 spiro atoms. The van der Waals surface area contributed by atoms with E-state index in [-0.39, 0.29) is 35.2 Å². The van der Waals surface area contributed by atoms with Gasteiger partial charge in [0, 0.05) is 18.6 Å². The van der Waals surface area contributed by atoms with Gasteiger partial charge in [0.1, 0.15) is 5.02 Å². The Morgan fingerprint density at radius 3 is 2.95 bits per heavy atom. The monoisotopic (exact) mass is 285 g/mol. The second kappa shape index (κ2) is 5.92. The van der Waals surface area contributed by atoms with Crippen molar-refractivity contribution in [1.82, 2.24) is 9.78 Å². The first kappa shape index (κ1) is 14.3. The molecule has 1 saturated carbocycles. The molecule has 19 heavy (non-hydrogen) atoms. The number of aliphatic hydroxyl groups excluding tert-OH is 1. The molecular weight excluding hydrogens is 266 g/mol. The predicted octanol–water partition coefficient (Wildman–Crippen LogP) is 2.05. The lowest BCUT2D eigenvalue weighted by Gasteiger charge is -2.21. The number of hydrogen-bond donors (Lipinski definition) is 2. The lowest BCUT2D eigenvalue weighted by atomic mass is 10.1. The summed E-state index contributed by atoms with van der Waals surface area (Å²) >= 11 is 6.11. The van der Waals surface area contributed by atoms with Crippen LogP contribution in [0, 0.1) is 5.92 Å². The summed E-state index contributed by atoms with van der Waals surface area (Å²) in [6.45, 7) is 3.93. The fourth-order valence-electron chi connectivity index (χ4n) is 2.56. The largest absolute Gasteiger partial charge is 0.396 e. The summed E-state index contributed by atoms with van der Waals surface area (Å²) in [6.07, 6.45) is 4.66. The number of nitrogens with one attached hydrogen (secondary N) is 1. The van der Waals surface area contributed by atoms with Crippen LogP contribution in [0.25, 0.3) is 0 Å². The van der Waals surface area contributed by atoms with Crippen LogP contribution in [0.3, 0.4) is 0 Å². The van der Waals surface area contributed by atoms with Gasteiger partial charge in [-0.2, -0.15) is 5.10 Å². The van der Waals surface area contributed by atoms with Crippen molar-refractivity contribution in [3.05, 3.63) is 21.6 Å². The summed E-state index contributed by atoms with van der Waals surface area (Å²) in [7, 11) is 0. The zero-order valence-corrected chi connectivity index (χ0v) is 12.0. The topological polar surface area (TPSA) is 67.2 Å². The molecule has 0 bridgehead atoms. The number of aliphatic hydroxyl groups is 1. The number of anilines is 1. The van der Waals surface area contributed by atoms with Crippen molar-refractivity contribution in [2.24, 2.45) is 5.92 Å². The molecule has 1 heterocycles. The zero-order valence-electron chi connectivity index (χ0n) is 11.3. The third-order valence-electron chi connectivity index (χ3n) is 3.67. The lowest BCUT2D eigenvalue weighted by molar-refractivity contribution is 0.222. The van der Waals surface area contributed by atoms with Crippen molar-refractivity contribution in [3.63, 3.8) is 0 Å². The molecule has 2 N–H and O–H groups in total. The Bertz CT molecular complexity index is 501. The van der Waals surface area contributed by atoms with Gasteiger partial charge in [0.2, 0.25) is 0 Å². The number of halogens is 1. The Balaban J connectivity index is 2.22. The highest BCUT2D eigenvalue weighted by Gasteiger charge is 2.27. The maximum absolute atomic E-state index is 12.0. The zero-order chi connectivity index (χ0) is 14.0. The van der Waals surface area contributed by atoms with Crippen molar-refractivity contribution < 1.29 is 5.11 Å². The minimum Gasteiger partial charge on any atom is -0.396 e. The van der Waals surface area contributed by atoms with Crippen molar-refractivity contribution in [2.75, 3.05) is 11.9 Å². The SMILES string of the molecule is CC(C)n1ncc(NC2CCCC2CO)c(Cl)c1=O. The van der Waals surface area contributed by atoms with Crippen LogP contribution in [0.5, 0.6) is 0 Å². The van der Waals surface area contributed by atoms with Crippen LogP contribution in [0.2, 0.25) is 5.02 Å². The summed E-state index contributed by atoms with van der Waals surface area (Å²) < 4.78 is 1.37. The molecular formula is C13H20ClN3O2. The first-order valence-electron chi connectivity index (χ1n) is 6.69. The van der Waals surface area contributed by atoms with Gasteiger partial charge in [0.05, 0.1) is 17.9 Å². The van der Waals surface area contributed by atoms with E-state index in [2.05, 4.69) is 10.4 Å². The van der Waals surface area contributed by atoms with Crippen LogP contribution < -0.4 is 10.9 Å². The van der Waals surface area contributed by atoms with Gasteiger partial charge in [-0.25, -0.2) is 4.68 Å². The summed E-state index contributed by atoms with van der Waals surface area (Å²) in [6, 6.07) is 0.148. The summed E-state index contributed by atoms with van der Waals surface area (Å²) in [5, 5.41) is 16.8. The van der Waals surface area contributed by atoms with Gasteiger partial charge in [-0.05, 0) is 26.7 Å². The normalized spacial score (nSPS) is 23.0. The van der Waals surface area contributed by atoms with Gasteiger partial charge in [-0.15, -0.1) is 0 Å². The Hall–Kier alpha value is -1.07. The molecule has 0 amide bonds. The van der Waals surface area contributed by atoms with Gasteiger partial charge in [-0.1, -0.05) is 18.0 Å². The first-order valence-corrected chi connectivity index (χ1v) is 7.07. The van der Waals surface area contributed by atoms with Crippen molar-refractivity contribution in [1.29, 1.82) is 0 Å². The van der Waals surface area contributed by atoms with Crippen LogP contribution in [-0.2, 0) is 0 Å². The standard InChI is InChI=1S/C13H20ClN3O2/c1-8(2)17-13(19)12(14)11(6-15-17)16-10-5-3-4-9(10)7-18/h6,8-10,16,18H,3-5,7H2,1-2H3. The van der Waals surface area contributed by atoms with Crippen LogP contribution in [0.1, 0.15) is 39.2 Å². The molecule has 1 aromatic heterocycles. The van der Waals surface area contributed by atoms with E-state index >= 15 is 0 Å². The molecule has 0 radical (unpaired) electrons. The van der Waals surface area contributed by atoms with Crippen LogP contribution in [-0.4, -0.2) is 27.5 Å². The molecule has 5 nitrogen and oxygen atoms in total. The molecule has 2 atom stereocenters. The maximum atomic E-state index is 12.0. The molecule has 106 valence electrons. The lowest BCUT2D eigenvalue weighted by Crippen LogP contribution is -2.30. The molecule has 0 saturated heterocycles. The highest BCUT2D eigenvalue weighted by Crippen LogP contribution is 2.29. The number of nitrogens with zero attached hydrogens (tertiary/aromatic N) is 2. The quantitative estimate of drug-likeness (QED) is 0.888. The van der Waals surface area contributed by atoms with Crippen LogP contribution in [0.15, 0.2) is 11.0 Å². The van der Waals surface area contributed by atoms with E-state index in [4.69, 9.17) is 11.6 Å². The molecule has 1 fully saturated rings. The van der Waals surface area contributed by atoms with Gasteiger partial charge < -0.3 is 10.4 Å². The summed E-state index contributed by atoms with van der Waals surface area (Å²) in [5.74, 6) is 0.226. The molecule has 2 rings (SSSR count). The van der Waals surface area contributed by atoms with E-state index < -0.39 is 0 Å². The second-order valence-electron chi connectivity index (χ2n) is 5.34. The molecule has 2 unspecified atom stereocenters. The fourth-order valence-corrected chi connectivity index (χ4v) is 2.75. The minimum atomic E-state index is -0.278. The van der Waals surface area contributed by atoms with Crippen molar-refractivity contribution >= 4 is 17.3 Å². The summed E-state index contributed by atoms with van der Waals surface area (Å²) in [4.78, 5) is 12.0. The third kappa shape index (κ3) is 2.92. The molecule has 1 aromatic rings. The van der Waals surface area contributed by atoms with Crippen molar-refractivity contribution in [3.8, 4) is 0 Å². The summed E-state index contributed by atoms with van der Waals surface area (Å²) in [5.41, 5.74) is 0.286. The molecule has 0 aromatic carbocycles. The van der Waals surface area contributed by atoms with Crippen LogP contribution >= 0.6 is 11.6 Å². The van der Waals surface area contributed by atoms with E-state index in [0.29, 0.717) is 5.69 Å². The van der Waals surface area contributed by atoms with E-state index in [9.17, 15) is 9.90 Å². The Morgan fingerprint density at radius 1 is 1.58 bits per heavy atom. The smallest absolute Gasteiger partial charge is 0.287 e. The first-order chi connectivity index (χ1) is 9.04. The number of aromatic nitrogens is 2. The van der Waals surface area contributed by atoms with Crippen molar-refractivity contribution in [2.45, 2.75) is 45.2 Å². The van der Waals surface area contributed by atoms with Gasteiger partial charge in [-0.3, -0.25) is 4.79 Å². The van der Waals surface area contributed by atoms with E-state index in [0.717, 1.165) is 19.3 Å². The average molecular weight is 286 g/mol. The highest BCUT2D eigenvalue weighted by atomic mass is 35.5. The molecule has 0 aliphatic heterocycles. The average Bonchev–Trinajstić information content (AvgIpc) is 2.82. The van der Waals surface area contributed by atoms with Crippen LogP contribution in [0.4, 0.5) is 5.69 Å². The van der Waals surface area contributed by atoms with E-state index in [1.165, 1.54) is 4.68 Å². The number of rotatable bonds is 4. The second-order valence-corrected chi connectivity index (χ2v) is 5.72. The molecule has 6 heteroatoms. The molecule has 1 aliphatic rings. The number of hydrogen-bond acceptors (Lipinski definition) is 4. The van der Waals surface area contributed by atoms with E-state index in [1.54, 1.807) is 6.20 Å². The highest BCUT2D eigenvalue weighted by molar-refractivity contribution is 6.32. The third-order valence-corrected chi connectivity index (χ3v) is 4.03. The Kier molecular flexibility index (Phi) is 4.47. The molecule has 1 aliphatic carbocycles. The van der Waals surface area contributed by atoms with Gasteiger partial charge in [0.15, 0.2) is 0 Å². The van der Waals surface area contributed by atoms with Gasteiger partial charge in [0.25, 0.3) is 5.56 Å². The Morgan fingerprint density at radius 2 is 2.32 bits per heavy atom. The maximum Gasteiger partial charge on any atom is 0.287 e. The van der Waals surface area contributed by atoms with E-state index in [1.807, 2.05) is 13.8 Å². The fraction of sp³-hybridized carbons (Fsp3) is 0.692.